The molecule has 1 aliphatic heterocycles. The zero-order chi connectivity index (χ0) is 12.9. The van der Waals surface area contributed by atoms with E-state index in [1.54, 1.807) is 6.92 Å². The lowest BCUT2D eigenvalue weighted by Crippen LogP contribution is -2.45. The van der Waals surface area contributed by atoms with Crippen LogP contribution in [0.25, 0.3) is 0 Å². The summed E-state index contributed by atoms with van der Waals surface area (Å²) in [4.78, 5) is 0. The molecule has 1 rings (SSSR count). The van der Waals surface area contributed by atoms with Gasteiger partial charge in [0.15, 0.2) is 5.79 Å². The van der Waals surface area contributed by atoms with Gasteiger partial charge in [-0.05, 0) is 26.7 Å². The Labute approximate surface area is 102 Å². The first-order valence-electron chi connectivity index (χ1n) is 5.65. The predicted molar refractivity (Wildman–Crippen MR) is 61.4 cm³/mol. The van der Waals surface area contributed by atoms with Gasteiger partial charge in [-0.2, -0.15) is 8.42 Å². The van der Waals surface area contributed by atoms with Crippen LogP contribution in [0.15, 0.2) is 0 Å². The Bertz CT molecular complexity index is 328. The van der Waals surface area contributed by atoms with E-state index in [0.717, 1.165) is 6.42 Å². The summed E-state index contributed by atoms with van der Waals surface area (Å²) < 4.78 is 45.8. The van der Waals surface area contributed by atoms with Crippen LogP contribution < -0.4 is 0 Å². The van der Waals surface area contributed by atoms with Crippen molar-refractivity contribution in [2.75, 3.05) is 25.6 Å². The molecule has 0 aromatic carbocycles. The highest BCUT2D eigenvalue weighted by Crippen LogP contribution is 2.22. The molecule has 1 aliphatic rings. The van der Waals surface area contributed by atoms with Crippen LogP contribution in [0.5, 0.6) is 0 Å². The van der Waals surface area contributed by atoms with E-state index in [9.17, 15) is 8.42 Å². The minimum Gasteiger partial charge on any atom is -0.376 e. The molecule has 0 amide bonds. The third-order valence-electron chi connectivity index (χ3n) is 2.44. The van der Waals surface area contributed by atoms with Gasteiger partial charge in [-0.15, -0.1) is 0 Å². The van der Waals surface area contributed by atoms with E-state index in [1.807, 2.05) is 6.92 Å². The van der Waals surface area contributed by atoms with Gasteiger partial charge in [-0.3, -0.25) is 4.55 Å². The topological polar surface area (TPSA) is 82.1 Å². The molecule has 1 heterocycles. The first kappa shape index (κ1) is 14.8. The second-order valence-corrected chi connectivity index (χ2v) is 5.96. The lowest BCUT2D eigenvalue weighted by atomic mass is 10.2. The quantitative estimate of drug-likeness (QED) is 0.567. The molecule has 0 aromatic rings. The smallest absolute Gasteiger partial charge is 0.264 e. The molecule has 2 atom stereocenters. The van der Waals surface area contributed by atoms with Gasteiger partial charge >= 0.3 is 0 Å². The minimum atomic E-state index is -3.90. The standard InChI is InChI=1S/C10H20O6S/c1-9-4-6-15-10(2,16-9)8-14-5-3-7-17(11,12)13/h9H,3-8H2,1-2H3,(H,11,12,13). The summed E-state index contributed by atoms with van der Waals surface area (Å²) in [5, 5.41) is 0. The molecule has 0 aliphatic carbocycles. The molecule has 0 aromatic heterocycles. The first-order chi connectivity index (χ1) is 7.81. The molecule has 1 saturated heterocycles. The fraction of sp³-hybridized carbons (Fsp3) is 1.00. The Morgan fingerprint density at radius 3 is 2.82 bits per heavy atom. The van der Waals surface area contributed by atoms with E-state index >= 15 is 0 Å². The second kappa shape index (κ2) is 6.10. The Morgan fingerprint density at radius 1 is 1.53 bits per heavy atom. The summed E-state index contributed by atoms with van der Waals surface area (Å²) in [6, 6.07) is 0. The molecule has 1 N–H and O–H groups in total. The van der Waals surface area contributed by atoms with Crippen LogP contribution in [-0.2, 0) is 24.3 Å². The van der Waals surface area contributed by atoms with Gasteiger partial charge in [0.1, 0.15) is 6.61 Å². The van der Waals surface area contributed by atoms with Crippen LogP contribution in [-0.4, -0.2) is 50.4 Å². The maximum atomic E-state index is 10.5. The van der Waals surface area contributed by atoms with Gasteiger partial charge in [0.05, 0.1) is 18.5 Å². The van der Waals surface area contributed by atoms with E-state index in [1.165, 1.54) is 0 Å². The van der Waals surface area contributed by atoms with Crippen molar-refractivity contribution in [3.05, 3.63) is 0 Å². The summed E-state index contributed by atoms with van der Waals surface area (Å²) >= 11 is 0. The van der Waals surface area contributed by atoms with E-state index in [0.29, 0.717) is 6.61 Å². The average Bonchev–Trinajstić information content (AvgIpc) is 2.14. The molecule has 0 radical (unpaired) electrons. The summed E-state index contributed by atoms with van der Waals surface area (Å²) in [7, 11) is -3.90. The second-order valence-electron chi connectivity index (χ2n) is 4.39. The van der Waals surface area contributed by atoms with Crippen LogP contribution in [0.2, 0.25) is 0 Å². The first-order valence-corrected chi connectivity index (χ1v) is 7.26. The van der Waals surface area contributed by atoms with Crippen molar-refractivity contribution in [3.8, 4) is 0 Å². The van der Waals surface area contributed by atoms with Crippen molar-refractivity contribution in [1.82, 2.24) is 0 Å². The van der Waals surface area contributed by atoms with Gasteiger partial charge in [-0.1, -0.05) is 0 Å². The molecule has 1 fully saturated rings. The Morgan fingerprint density at radius 2 is 2.24 bits per heavy atom. The number of rotatable bonds is 6. The van der Waals surface area contributed by atoms with Crippen molar-refractivity contribution in [1.29, 1.82) is 0 Å². The molecule has 0 saturated carbocycles. The monoisotopic (exact) mass is 268 g/mol. The van der Waals surface area contributed by atoms with E-state index in [2.05, 4.69) is 0 Å². The largest absolute Gasteiger partial charge is 0.376 e. The average molecular weight is 268 g/mol. The lowest BCUT2D eigenvalue weighted by molar-refractivity contribution is -0.297. The minimum absolute atomic E-state index is 0.134. The molecule has 17 heavy (non-hydrogen) atoms. The normalized spacial score (nSPS) is 30.4. The van der Waals surface area contributed by atoms with E-state index in [4.69, 9.17) is 18.8 Å². The molecule has 0 bridgehead atoms. The SMILES string of the molecule is CC1CCOC(C)(COCCCS(=O)(=O)O)O1. The van der Waals surface area contributed by atoms with E-state index < -0.39 is 15.9 Å². The van der Waals surface area contributed by atoms with Crippen molar-refractivity contribution in [2.45, 2.75) is 38.6 Å². The Balaban J connectivity index is 2.17. The lowest BCUT2D eigenvalue weighted by Gasteiger charge is -2.37. The number of hydrogen-bond acceptors (Lipinski definition) is 5. The highest BCUT2D eigenvalue weighted by molar-refractivity contribution is 7.85. The molecular weight excluding hydrogens is 248 g/mol. The highest BCUT2D eigenvalue weighted by atomic mass is 32.2. The zero-order valence-electron chi connectivity index (χ0n) is 10.2. The van der Waals surface area contributed by atoms with Crippen LogP contribution in [0.4, 0.5) is 0 Å². The molecule has 6 nitrogen and oxygen atoms in total. The van der Waals surface area contributed by atoms with Gasteiger partial charge in [0, 0.05) is 6.61 Å². The maximum Gasteiger partial charge on any atom is 0.264 e. The summed E-state index contributed by atoms with van der Waals surface area (Å²) in [6.07, 6.45) is 1.25. The van der Waals surface area contributed by atoms with Crippen LogP contribution in [0.3, 0.4) is 0 Å². The van der Waals surface area contributed by atoms with Crippen molar-refractivity contribution in [3.63, 3.8) is 0 Å². The molecular formula is C10H20O6S. The maximum absolute atomic E-state index is 10.5. The number of ether oxygens (including phenoxy) is 3. The van der Waals surface area contributed by atoms with Crippen LogP contribution in [0.1, 0.15) is 26.7 Å². The van der Waals surface area contributed by atoms with Crippen molar-refractivity contribution < 1.29 is 27.2 Å². The molecule has 0 spiro atoms. The molecule has 7 heteroatoms. The predicted octanol–water partition coefficient (Wildman–Crippen LogP) is 0.823. The highest BCUT2D eigenvalue weighted by Gasteiger charge is 2.32. The third-order valence-corrected chi connectivity index (χ3v) is 3.24. The fourth-order valence-electron chi connectivity index (χ4n) is 1.64. The molecule has 102 valence electrons. The summed E-state index contributed by atoms with van der Waals surface area (Å²) in [6.45, 7) is 4.90. The summed E-state index contributed by atoms with van der Waals surface area (Å²) in [5.74, 6) is -1.04. The van der Waals surface area contributed by atoms with Crippen molar-refractivity contribution >= 4 is 10.1 Å². The van der Waals surface area contributed by atoms with Gasteiger partial charge in [-0.25, -0.2) is 0 Å². The third kappa shape index (κ3) is 6.32. The number of hydrogen-bond donors (Lipinski definition) is 1. The molecule has 2 unspecified atom stereocenters. The van der Waals surface area contributed by atoms with Crippen LogP contribution in [0, 0.1) is 0 Å². The van der Waals surface area contributed by atoms with Gasteiger partial charge in [0.25, 0.3) is 10.1 Å². The fourth-order valence-corrected chi connectivity index (χ4v) is 2.12. The summed E-state index contributed by atoms with van der Waals surface area (Å²) in [5.41, 5.74) is 0. The van der Waals surface area contributed by atoms with E-state index in [-0.39, 0.29) is 31.5 Å². The van der Waals surface area contributed by atoms with Gasteiger partial charge < -0.3 is 14.2 Å². The van der Waals surface area contributed by atoms with Gasteiger partial charge in [0.2, 0.25) is 0 Å². The Hall–Kier alpha value is -0.210. The Kier molecular flexibility index (Phi) is 5.33. The van der Waals surface area contributed by atoms with Crippen molar-refractivity contribution in [2.24, 2.45) is 0 Å². The van der Waals surface area contributed by atoms with Crippen LogP contribution >= 0.6 is 0 Å². The zero-order valence-corrected chi connectivity index (χ0v) is 11.0.